The Morgan fingerprint density at radius 3 is 2.79 bits per heavy atom. The second-order valence-electron chi connectivity index (χ2n) is 5.34. The third-order valence-corrected chi connectivity index (χ3v) is 3.64. The molecule has 19 heavy (non-hydrogen) atoms. The Kier molecular flexibility index (Phi) is 3.31. The predicted molar refractivity (Wildman–Crippen MR) is 67.2 cm³/mol. The third kappa shape index (κ3) is 2.52. The first-order valence-corrected chi connectivity index (χ1v) is 6.98. The lowest BCUT2D eigenvalue weighted by atomic mass is 10.1. The number of esters is 1. The van der Waals surface area contributed by atoms with Crippen LogP contribution in [0.15, 0.2) is 4.42 Å². The van der Waals surface area contributed by atoms with Crippen molar-refractivity contribution in [2.24, 2.45) is 0 Å². The van der Waals surface area contributed by atoms with Crippen LogP contribution in [-0.4, -0.2) is 30.3 Å². The lowest BCUT2D eigenvalue weighted by Crippen LogP contribution is -2.05. The molecule has 1 aliphatic heterocycles. The number of rotatable bonds is 4. The van der Waals surface area contributed by atoms with Crippen molar-refractivity contribution in [1.82, 2.24) is 4.98 Å². The van der Waals surface area contributed by atoms with Gasteiger partial charge in [0.25, 0.3) is 0 Å². The number of aromatic nitrogens is 1. The number of hydrogen-bond donors (Lipinski definition) is 0. The highest BCUT2D eigenvalue weighted by Gasteiger charge is 2.36. The quantitative estimate of drug-likeness (QED) is 0.783. The van der Waals surface area contributed by atoms with E-state index in [2.05, 4.69) is 4.98 Å². The molecular formula is C14H19NO4. The van der Waals surface area contributed by atoms with Crippen LogP contribution in [-0.2, 0) is 9.47 Å². The SMILES string of the molecule is CCOC(=O)c1oc(C2COC(C)C2)nc1C1CC1. The lowest BCUT2D eigenvalue weighted by Gasteiger charge is -2.01. The number of nitrogens with zero attached hydrogens (tertiary/aromatic N) is 1. The van der Waals surface area contributed by atoms with Crippen LogP contribution in [0.1, 0.15) is 67.1 Å². The molecule has 2 fully saturated rings. The standard InChI is InChI=1S/C14H19NO4/c1-3-17-14(16)12-11(9-4-5-9)15-13(19-12)10-6-8(2)18-7-10/h8-10H,3-7H2,1-2H3. The van der Waals surface area contributed by atoms with Crippen molar-refractivity contribution in [2.75, 3.05) is 13.2 Å². The van der Waals surface area contributed by atoms with Crippen molar-refractivity contribution in [3.8, 4) is 0 Å². The minimum atomic E-state index is -0.393. The Morgan fingerprint density at radius 1 is 1.42 bits per heavy atom. The summed E-state index contributed by atoms with van der Waals surface area (Å²) in [7, 11) is 0. The van der Waals surface area contributed by atoms with Crippen LogP contribution in [0.3, 0.4) is 0 Å². The molecule has 1 aliphatic carbocycles. The summed E-state index contributed by atoms with van der Waals surface area (Å²) in [4.78, 5) is 16.4. The number of hydrogen-bond acceptors (Lipinski definition) is 5. The first kappa shape index (κ1) is 12.7. The maximum Gasteiger partial charge on any atom is 0.376 e. The molecule has 0 amide bonds. The summed E-state index contributed by atoms with van der Waals surface area (Å²) >= 11 is 0. The van der Waals surface area contributed by atoms with Gasteiger partial charge in [-0.1, -0.05) is 0 Å². The van der Waals surface area contributed by atoms with Gasteiger partial charge in [0.1, 0.15) is 0 Å². The molecule has 1 saturated heterocycles. The third-order valence-electron chi connectivity index (χ3n) is 3.64. The Bertz CT molecular complexity index is 478. The molecule has 0 radical (unpaired) electrons. The van der Waals surface area contributed by atoms with E-state index in [-0.39, 0.29) is 12.0 Å². The van der Waals surface area contributed by atoms with Gasteiger partial charge in [-0.15, -0.1) is 0 Å². The molecule has 2 atom stereocenters. The minimum absolute atomic E-state index is 0.163. The van der Waals surface area contributed by atoms with E-state index in [1.54, 1.807) is 6.92 Å². The second kappa shape index (κ2) is 4.96. The molecule has 0 aromatic carbocycles. The van der Waals surface area contributed by atoms with Gasteiger partial charge < -0.3 is 13.9 Å². The molecule has 0 N–H and O–H groups in total. The van der Waals surface area contributed by atoms with Gasteiger partial charge >= 0.3 is 5.97 Å². The highest BCUT2D eigenvalue weighted by Crippen LogP contribution is 2.43. The average molecular weight is 265 g/mol. The normalized spacial score (nSPS) is 26.6. The smallest absolute Gasteiger partial charge is 0.376 e. The van der Waals surface area contributed by atoms with E-state index in [0.717, 1.165) is 25.0 Å². The number of ether oxygens (including phenoxy) is 2. The summed E-state index contributed by atoms with van der Waals surface area (Å²) in [6, 6.07) is 0. The fourth-order valence-electron chi connectivity index (χ4n) is 2.49. The monoisotopic (exact) mass is 265 g/mol. The van der Waals surface area contributed by atoms with Crippen LogP contribution in [0.4, 0.5) is 0 Å². The average Bonchev–Trinajstić information content (AvgIpc) is 2.98. The molecule has 1 saturated carbocycles. The Hall–Kier alpha value is -1.36. The summed E-state index contributed by atoms with van der Waals surface area (Å²) in [5, 5.41) is 0. The van der Waals surface area contributed by atoms with Crippen LogP contribution in [0, 0.1) is 0 Å². The highest BCUT2D eigenvalue weighted by atomic mass is 16.5. The molecule has 0 bridgehead atoms. The van der Waals surface area contributed by atoms with E-state index in [4.69, 9.17) is 13.9 Å². The first-order valence-electron chi connectivity index (χ1n) is 6.98. The zero-order chi connectivity index (χ0) is 13.4. The summed E-state index contributed by atoms with van der Waals surface area (Å²) in [5.74, 6) is 1.08. The molecule has 1 aromatic rings. The van der Waals surface area contributed by atoms with Crippen molar-refractivity contribution in [1.29, 1.82) is 0 Å². The van der Waals surface area contributed by atoms with E-state index in [0.29, 0.717) is 30.8 Å². The molecule has 104 valence electrons. The fraction of sp³-hybridized carbons (Fsp3) is 0.714. The van der Waals surface area contributed by atoms with Crippen molar-refractivity contribution in [3.63, 3.8) is 0 Å². The predicted octanol–water partition coefficient (Wildman–Crippen LogP) is 2.62. The largest absolute Gasteiger partial charge is 0.460 e. The van der Waals surface area contributed by atoms with Crippen molar-refractivity contribution >= 4 is 5.97 Å². The van der Waals surface area contributed by atoms with Crippen LogP contribution >= 0.6 is 0 Å². The van der Waals surface area contributed by atoms with Gasteiger partial charge in [0.2, 0.25) is 11.7 Å². The number of carbonyl (C=O) groups excluding carboxylic acids is 1. The van der Waals surface area contributed by atoms with Crippen LogP contribution in [0.25, 0.3) is 0 Å². The van der Waals surface area contributed by atoms with E-state index in [1.165, 1.54) is 0 Å². The van der Waals surface area contributed by atoms with Crippen LogP contribution in [0.5, 0.6) is 0 Å². The molecule has 0 spiro atoms. The highest BCUT2D eigenvalue weighted by molar-refractivity contribution is 5.87. The zero-order valence-electron chi connectivity index (χ0n) is 11.3. The van der Waals surface area contributed by atoms with Crippen LogP contribution in [0.2, 0.25) is 0 Å². The van der Waals surface area contributed by atoms with Gasteiger partial charge in [-0.2, -0.15) is 0 Å². The summed E-state index contributed by atoms with van der Waals surface area (Å²) in [5.41, 5.74) is 0.785. The van der Waals surface area contributed by atoms with E-state index < -0.39 is 5.97 Å². The number of carbonyl (C=O) groups is 1. The Labute approximate surface area is 112 Å². The molecule has 2 aliphatic rings. The summed E-state index contributed by atoms with van der Waals surface area (Å²) in [6.07, 6.45) is 3.28. The molecular weight excluding hydrogens is 246 g/mol. The molecule has 2 heterocycles. The molecule has 5 nitrogen and oxygen atoms in total. The van der Waals surface area contributed by atoms with Crippen molar-refractivity contribution in [3.05, 3.63) is 17.3 Å². The lowest BCUT2D eigenvalue weighted by molar-refractivity contribution is 0.0485. The topological polar surface area (TPSA) is 61.6 Å². The number of oxazole rings is 1. The van der Waals surface area contributed by atoms with Crippen LogP contribution < -0.4 is 0 Å². The molecule has 3 rings (SSSR count). The van der Waals surface area contributed by atoms with E-state index in [1.807, 2.05) is 6.92 Å². The molecule has 2 unspecified atom stereocenters. The zero-order valence-corrected chi connectivity index (χ0v) is 11.3. The molecule has 1 aromatic heterocycles. The minimum Gasteiger partial charge on any atom is -0.460 e. The Balaban J connectivity index is 1.86. The fourth-order valence-corrected chi connectivity index (χ4v) is 2.49. The Morgan fingerprint density at radius 2 is 2.21 bits per heavy atom. The van der Waals surface area contributed by atoms with Crippen molar-refractivity contribution < 1.29 is 18.7 Å². The van der Waals surface area contributed by atoms with Gasteiger partial charge in [0.15, 0.2) is 0 Å². The maximum absolute atomic E-state index is 11.9. The summed E-state index contributed by atoms with van der Waals surface area (Å²) in [6.45, 7) is 4.80. The van der Waals surface area contributed by atoms with E-state index >= 15 is 0 Å². The van der Waals surface area contributed by atoms with Gasteiger partial charge in [-0.25, -0.2) is 9.78 Å². The van der Waals surface area contributed by atoms with Gasteiger partial charge in [0.05, 0.1) is 30.9 Å². The van der Waals surface area contributed by atoms with Gasteiger partial charge in [-0.05, 0) is 33.1 Å². The van der Waals surface area contributed by atoms with Gasteiger partial charge in [0, 0.05) is 5.92 Å². The molecule has 5 heteroatoms. The van der Waals surface area contributed by atoms with Crippen molar-refractivity contribution in [2.45, 2.75) is 51.0 Å². The summed E-state index contributed by atoms with van der Waals surface area (Å²) < 4.78 is 16.3. The van der Waals surface area contributed by atoms with Gasteiger partial charge in [-0.3, -0.25) is 0 Å². The van der Waals surface area contributed by atoms with E-state index in [9.17, 15) is 4.79 Å². The maximum atomic E-state index is 11.9. The first-order chi connectivity index (χ1) is 9.19. The second-order valence-corrected chi connectivity index (χ2v) is 5.34.